The smallest absolute Gasteiger partial charge is 0.119 e. The molecule has 0 fully saturated rings. The Bertz CT molecular complexity index is 650. The predicted molar refractivity (Wildman–Crippen MR) is 90.1 cm³/mol. The zero-order valence-corrected chi connectivity index (χ0v) is 13.0. The van der Waals surface area contributed by atoms with Crippen molar-refractivity contribution in [2.24, 2.45) is 0 Å². The van der Waals surface area contributed by atoms with Crippen LogP contribution in [0.5, 0.6) is 17.2 Å². The van der Waals surface area contributed by atoms with E-state index in [1.54, 1.807) is 18.2 Å². The summed E-state index contributed by atoms with van der Waals surface area (Å²) in [5.74, 6) is 0.741. The van der Waals surface area contributed by atoms with Crippen LogP contribution in [0.25, 0.3) is 12.2 Å². The van der Waals surface area contributed by atoms with E-state index in [0.29, 0.717) is 11.7 Å². The lowest BCUT2D eigenvalue weighted by Gasteiger charge is -2.15. The van der Waals surface area contributed by atoms with Crippen molar-refractivity contribution in [1.29, 1.82) is 0 Å². The summed E-state index contributed by atoms with van der Waals surface area (Å²) in [7, 11) is 0. The lowest BCUT2D eigenvalue weighted by molar-refractivity contribution is 0.450. The molecule has 3 nitrogen and oxygen atoms in total. The van der Waals surface area contributed by atoms with Crippen molar-refractivity contribution >= 4 is 12.2 Å². The maximum Gasteiger partial charge on any atom is 0.119 e. The van der Waals surface area contributed by atoms with Crippen molar-refractivity contribution in [2.45, 2.75) is 32.6 Å². The van der Waals surface area contributed by atoms with E-state index < -0.39 is 0 Å². The molecule has 0 aliphatic heterocycles. The number of rotatable bonds is 5. The quantitative estimate of drug-likeness (QED) is 0.690. The van der Waals surface area contributed by atoms with Crippen LogP contribution < -0.4 is 0 Å². The van der Waals surface area contributed by atoms with Gasteiger partial charge in [-0.25, -0.2) is 0 Å². The Kier molecular flexibility index (Phi) is 5.10. The molecule has 0 radical (unpaired) electrons. The molecule has 0 aliphatic rings. The van der Waals surface area contributed by atoms with Gasteiger partial charge in [0.1, 0.15) is 17.2 Å². The highest BCUT2D eigenvalue weighted by Crippen LogP contribution is 2.32. The van der Waals surface area contributed by atoms with E-state index in [1.807, 2.05) is 24.3 Å². The van der Waals surface area contributed by atoms with Gasteiger partial charge in [0.2, 0.25) is 0 Å². The summed E-state index contributed by atoms with van der Waals surface area (Å²) in [6, 6.07) is 10.0. The first-order chi connectivity index (χ1) is 10.5. The molecular weight excluding hydrogens is 276 g/mol. The molecule has 0 saturated heterocycles. The number of phenolic OH excluding ortho intramolecular Hbond substituents is 3. The zero-order valence-electron chi connectivity index (χ0n) is 13.0. The van der Waals surface area contributed by atoms with Crippen LogP contribution in [-0.2, 0) is 0 Å². The molecule has 3 heteroatoms. The molecule has 0 aliphatic carbocycles. The first kappa shape index (κ1) is 16.0. The van der Waals surface area contributed by atoms with Crippen molar-refractivity contribution < 1.29 is 15.3 Å². The lowest BCUT2D eigenvalue weighted by Crippen LogP contribution is -1.96. The molecule has 2 aromatic rings. The Morgan fingerprint density at radius 3 is 2.00 bits per heavy atom. The van der Waals surface area contributed by atoms with Crippen LogP contribution >= 0.6 is 0 Å². The Morgan fingerprint density at radius 2 is 1.41 bits per heavy atom. The molecule has 3 N–H and O–H groups in total. The highest BCUT2D eigenvalue weighted by molar-refractivity contribution is 5.71. The van der Waals surface area contributed by atoms with Gasteiger partial charge in [-0.15, -0.1) is 0 Å². The van der Waals surface area contributed by atoms with Gasteiger partial charge in [-0.3, -0.25) is 0 Å². The molecule has 0 aromatic heterocycles. The van der Waals surface area contributed by atoms with Crippen molar-refractivity contribution in [2.75, 3.05) is 0 Å². The van der Waals surface area contributed by atoms with Crippen LogP contribution in [0, 0.1) is 0 Å². The van der Waals surface area contributed by atoms with Crippen LogP contribution in [0.15, 0.2) is 36.4 Å². The summed E-state index contributed by atoms with van der Waals surface area (Å²) in [5.41, 5.74) is 2.66. The Labute approximate surface area is 131 Å². The van der Waals surface area contributed by atoms with Crippen molar-refractivity contribution in [3.63, 3.8) is 0 Å². The van der Waals surface area contributed by atoms with Gasteiger partial charge >= 0.3 is 0 Å². The summed E-state index contributed by atoms with van der Waals surface area (Å²) in [4.78, 5) is 0. The minimum atomic E-state index is 0.0306. The first-order valence-electron chi connectivity index (χ1n) is 7.57. The normalized spacial score (nSPS) is 11.4. The maximum atomic E-state index is 10.0. The Balaban J connectivity index is 2.29. The minimum Gasteiger partial charge on any atom is -0.508 e. The molecular formula is C19H22O3. The summed E-state index contributed by atoms with van der Waals surface area (Å²) in [5, 5.41) is 29.0. The molecule has 2 aromatic carbocycles. The number of hydrogen-bond acceptors (Lipinski definition) is 3. The van der Waals surface area contributed by atoms with Gasteiger partial charge in [0, 0.05) is 6.07 Å². The third kappa shape index (κ3) is 3.82. The SMILES string of the molecule is CCC(CC)c1cc(/C=C/c2cc(O)cc(O)c2)ccc1O. The summed E-state index contributed by atoms with van der Waals surface area (Å²) in [6.07, 6.45) is 5.69. The van der Waals surface area contributed by atoms with Gasteiger partial charge in [0.15, 0.2) is 0 Å². The number of phenols is 3. The second-order valence-corrected chi connectivity index (χ2v) is 5.45. The van der Waals surface area contributed by atoms with E-state index in [1.165, 1.54) is 6.07 Å². The lowest BCUT2D eigenvalue weighted by atomic mass is 9.92. The average molecular weight is 298 g/mol. The number of benzene rings is 2. The van der Waals surface area contributed by atoms with E-state index in [-0.39, 0.29) is 11.5 Å². The number of hydrogen-bond donors (Lipinski definition) is 3. The monoisotopic (exact) mass is 298 g/mol. The van der Waals surface area contributed by atoms with E-state index >= 15 is 0 Å². The van der Waals surface area contributed by atoms with Gasteiger partial charge in [0.25, 0.3) is 0 Å². The molecule has 0 saturated carbocycles. The van der Waals surface area contributed by atoms with E-state index in [0.717, 1.165) is 29.5 Å². The van der Waals surface area contributed by atoms with Gasteiger partial charge in [-0.1, -0.05) is 32.1 Å². The zero-order chi connectivity index (χ0) is 16.1. The first-order valence-corrected chi connectivity index (χ1v) is 7.57. The Morgan fingerprint density at radius 1 is 0.818 bits per heavy atom. The van der Waals surface area contributed by atoms with Gasteiger partial charge in [0.05, 0.1) is 0 Å². The van der Waals surface area contributed by atoms with E-state index in [4.69, 9.17) is 0 Å². The summed E-state index contributed by atoms with van der Waals surface area (Å²) in [6.45, 7) is 4.23. The van der Waals surface area contributed by atoms with Gasteiger partial charge < -0.3 is 15.3 Å². The van der Waals surface area contributed by atoms with Crippen molar-refractivity contribution in [1.82, 2.24) is 0 Å². The highest BCUT2D eigenvalue weighted by Gasteiger charge is 2.11. The van der Waals surface area contributed by atoms with Gasteiger partial charge in [-0.05, 0) is 59.7 Å². The fraction of sp³-hybridized carbons (Fsp3) is 0.263. The highest BCUT2D eigenvalue weighted by atomic mass is 16.3. The molecule has 0 amide bonds. The van der Waals surface area contributed by atoms with Crippen molar-refractivity contribution in [3.8, 4) is 17.2 Å². The molecule has 0 atom stereocenters. The topological polar surface area (TPSA) is 60.7 Å². The number of aromatic hydroxyl groups is 3. The predicted octanol–water partition coefficient (Wildman–Crippen LogP) is 4.88. The van der Waals surface area contributed by atoms with Gasteiger partial charge in [-0.2, -0.15) is 0 Å². The minimum absolute atomic E-state index is 0.0306. The van der Waals surface area contributed by atoms with Crippen LogP contribution in [0.2, 0.25) is 0 Å². The molecule has 2 rings (SSSR count). The average Bonchev–Trinajstić information content (AvgIpc) is 2.48. The second kappa shape index (κ2) is 7.03. The standard InChI is InChI=1S/C19H22O3/c1-3-15(4-2)18-11-13(7-8-19(18)22)5-6-14-9-16(20)12-17(21)10-14/h5-12,15,20-22H,3-4H2,1-2H3/b6-5+. The van der Waals surface area contributed by atoms with Crippen LogP contribution in [0.1, 0.15) is 49.3 Å². The van der Waals surface area contributed by atoms with E-state index in [2.05, 4.69) is 13.8 Å². The van der Waals surface area contributed by atoms with Crippen LogP contribution in [-0.4, -0.2) is 15.3 Å². The molecule has 116 valence electrons. The summed E-state index contributed by atoms with van der Waals surface area (Å²) >= 11 is 0. The third-order valence-electron chi connectivity index (χ3n) is 3.87. The third-order valence-corrected chi connectivity index (χ3v) is 3.87. The van der Waals surface area contributed by atoms with Crippen molar-refractivity contribution in [3.05, 3.63) is 53.1 Å². The molecule has 22 heavy (non-hydrogen) atoms. The van der Waals surface area contributed by atoms with E-state index in [9.17, 15) is 15.3 Å². The molecule has 0 unspecified atom stereocenters. The second-order valence-electron chi connectivity index (χ2n) is 5.45. The molecule has 0 spiro atoms. The molecule has 0 bridgehead atoms. The largest absolute Gasteiger partial charge is 0.508 e. The van der Waals surface area contributed by atoms with Crippen LogP contribution in [0.4, 0.5) is 0 Å². The fourth-order valence-electron chi connectivity index (χ4n) is 2.64. The Hall–Kier alpha value is -2.42. The van der Waals surface area contributed by atoms with Crippen LogP contribution in [0.3, 0.4) is 0 Å². The summed E-state index contributed by atoms with van der Waals surface area (Å²) < 4.78 is 0. The molecule has 0 heterocycles. The fourth-order valence-corrected chi connectivity index (χ4v) is 2.64. The maximum absolute atomic E-state index is 10.0.